The highest BCUT2D eigenvalue weighted by Crippen LogP contribution is 2.27. The van der Waals surface area contributed by atoms with Gasteiger partial charge in [0.15, 0.2) is 4.96 Å². The minimum Gasteiger partial charge on any atom is -0.383 e. The Hall–Kier alpha value is -1.52. The van der Waals surface area contributed by atoms with E-state index in [4.69, 9.17) is 5.73 Å². The fourth-order valence-corrected chi connectivity index (χ4v) is 2.33. The second-order valence-electron chi connectivity index (χ2n) is 3.27. The van der Waals surface area contributed by atoms with Gasteiger partial charge in [0.05, 0.1) is 0 Å². The van der Waals surface area contributed by atoms with Gasteiger partial charge in [0.2, 0.25) is 0 Å². The summed E-state index contributed by atoms with van der Waals surface area (Å²) in [6.45, 7) is 0. The Morgan fingerprint density at radius 3 is 2.62 bits per heavy atom. The van der Waals surface area contributed by atoms with E-state index in [9.17, 15) is 0 Å². The van der Waals surface area contributed by atoms with Gasteiger partial charge in [-0.2, -0.15) is 0 Å². The van der Waals surface area contributed by atoms with E-state index >= 15 is 0 Å². The third kappa shape index (κ3) is 1.56. The quantitative estimate of drug-likeness (QED) is 0.722. The lowest BCUT2D eigenvalue weighted by atomic mass is 10.1. The molecule has 2 aromatic heterocycles. The second kappa shape index (κ2) is 4.15. The summed E-state index contributed by atoms with van der Waals surface area (Å²) in [4.78, 5) is 5.44. The third-order valence-electron chi connectivity index (χ3n) is 2.35. The maximum Gasteiger partial charge on any atom is 0.195 e. The van der Waals surface area contributed by atoms with E-state index in [1.165, 1.54) is 0 Å². The highest BCUT2D eigenvalue weighted by Gasteiger charge is 2.10. The molecule has 0 atom stereocenters. The van der Waals surface area contributed by atoms with Crippen LogP contribution in [0.25, 0.3) is 16.2 Å². The molecule has 0 aliphatic carbocycles. The average Bonchev–Trinajstić information content (AvgIpc) is 2.83. The van der Waals surface area contributed by atoms with Crippen LogP contribution in [-0.4, -0.2) is 9.38 Å². The molecule has 0 amide bonds. The van der Waals surface area contributed by atoms with Gasteiger partial charge in [-0.25, -0.2) is 4.98 Å². The van der Waals surface area contributed by atoms with Gasteiger partial charge in [-0.1, -0.05) is 30.3 Å². The molecule has 0 saturated heterocycles. The Labute approximate surface area is 103 Å². The summed E-state index contributed by atoms with van der Waals surface area (Å²) < 4.78 is 1.91. The van der Waals surface area contributed by atoms with E-state index in [-0.39, 0.29) is 12.4 Å². The smallest absolute Gasteiger partial charge is 0.195 e. The predicted octanol–water partition coefficient (Wildman–Crippen LogP) is 3.07. The molecule has 1 aromatic carbocycles. The number of fused-ring (bicyclic) bond motifs is 1. The number of halogens is 1. The van der Waals surface area contributed by atoms with Crippen molar-refractivity contribution in [3.63, 3.8) is 0 Å². The fourth-order valence-electron chi connectivity index (χ4n) is 1.61. The summed E-state index contributed by atoms with van der Waals surface area (Å²) in [6, 6.07) is 9.99. The molecule has 0 radical (unpaired) electrons. The highest BCUT2D eigenvalue weighted by molar-refractivity contribution is 7.15. The van der Waals surface area contributed by atoms with Crippen LogP contribution in [0, 0.1) is 0 Å². The van der Waals surface area contributed by atoms with E-state index in [0.29, 0.717) is 5.82 Å². The number of aromatic nitrogens is 2. The van der Waals surface area contributed by atoms with Crippen LogP contribution >= 0.6 is 23.7 Å². The summed E-state index contributed by atoms with van der Waals surface area (Å²) in [5.74, 6) is 0.706. The summed E-state index contributed by atoms with van der Waals surface area (Å²) in [7, 11) is 0. The summed E-state index contributed by atoms with van der Waals surface area (Å²) in [6.07, 6.45) is 1.94. The normalized spacial score (nSPS) is 10.2. The van der Waals surface area contributed by atoms with Gasteiger partial charge in [-0.05, 0) is 0 Å². The number of nitrogens with zero attached hydrogens (tertiary/aromatic N) is 2. The number of hydrogen-bond donors (Lipinski definition) is 1. The number of anilines is 1. The predicted molar refractivity (Wildman–Crippen MR) is 70.2 cm³/mol. The van der Waals surface area contributed by atoms with Crippen LogP contribution in [0.4, 0.5) is 5.82 Å². The van der Waals surface area contributed by atoms with Crippen molar-refractivity contribution in [3.05, 3.63) is 41.9 Å². The molecule has 0 aliphatic heterocycles. The van der Waals surface area contributed by atoms with Crippen molar-refractivity contribution in [2.24, 2.45) is 0 Å². The topological polar surface area (TPSA) is 43.3 Å². The number of rotatable bonds is 1. The average molecular weight is 252 g/mol. The second-order valence-corrected chi connectivity index (χ2v) is 4.14. The molecule has 0 saturated carbocycles. The van der Waals surface area contributed by atoms with Gasteiger partial charge >= 0.3 is 0 Å². The van der Waals surface area contributed by atoms with Crippen LogP contribution in [-0.2, 0) is 0 Å². The maximum atomic E-state index is 6.02. The molecular weight excluding hydrogens is 242 g/mol. The van der Waals surface area contributed by atoms with Crippen molar-refractivity contribution >= 4 is 34.5 Å². The van der Waals surface area contributed by atoms with Gasteiger partial charge in [0, 0.05) is 17.1 Å². The number of benzene rings is 1. The van der Waals surface area contributed by atoms with Gasteiger partial charge in [0.25, 0.3) is 0 Å². The first-order valence-electron chi connectivity index (χ1n) is 4.63. The van der Waals surface area contributed by atoms with Crippen LogP contribution in [0.3, 0.4) is 0 Å². The molecule has 0 unspecified atom stereocenters. The Balaban J connectivity index is 0.000000963. The zero-order chi connectivity index (χ0) is 10.3. The van der Waals surface area contributed by atoms with Crippen LogP contribution in [0.2, 0.25) is 0 Å². The molecule has 0 spiro atoms. The molecule has 0 aliphatic rings. The third-order valence-corrected chi connectivity index (χ3v) is 3.10. The first kappa shape index (κ1) is 11.0. The fraction of sp³-hybridized carbons (Fsp3) is 0. The number of thiazole rings is 1. The van der Waals surface area contributed by atoms with Gasteiger partial charge in [-0.15, -0.1) is 23.7 Å². The number of imidazole rings is 1. The molecule has 3 nitrogen and oxygen atoms in total. The molecule has 2 heterocycles. The molecule has 5 heteroatoms. The van der Waals surface area contributed by atoms with Gasteiger partial charge < -0.3 is 5.73 Å². The minimum absolute atomic E-state index is 0. The lowest BCUT2D eigenvalue weighted by Crippen LogP contribution is -1.91. The summed E-state index contributed by atoms with van der Waals surface area (Å²) in [5, 5.41) is 1.98. The van der Waals surface area contributed by atoms with E-state index in [1.807, 2.05) is 46.3 Å². The van der Waals surface area contributed by atoms with Crippen LogP contribution in [0.5, 0.6) is 0 Å². The number of nitrogen functional groups attached to an aromatic ring is 1. The summed E-state index contributed by atoms with van der Waals surface area (Å²) >= 11 is 1.59. The lowest BCUT2D eigenvalue weighted by molar-refractivity contribution is 1.24. The van der Waals surface area contributed by atoms with Crippen molar-refractivity contribution < 1.29 is 0 Å². The Morgan fingerprint density at radius 2 is 1.94 bits per heavy atom. The molecule has 16 heavy (non-hydrogen) atoms. The maximum absolute atomic E-state index is 6.02. The molecular formula is C11H10ClN3S. The first-order valence-corrected chi connectivity index (χ1v) is 5.50. The first-order chi connectivity index (χ1) is 7.36. The van der Waals surface area contributed by atoms with Crippen LogP contribution < -0.4 is 5.73 Å². The number of nitrogens with two attached hydrogens (primary N) is 1. The summed E-state index contributed by atoms with van der Waals surface area (Å²) in [5.41, 5.74) is 7.95. The van der Waals surface area contributed by atoms with Crippen molar-refractivity contribution in [1.82, 2.24) is 9.38 Å². The molecule has 82 valence electrons. The number of hydrogen-bond acceptors (Lipinski definition) is 3. The molecule has 0 fully saturated rings. The van der Waals surface area contributed by atoms with Gasteiger partial charge in [-0.3, -0.25) is 4.40 Å². The lowest BCUT2D eigenvalue weighted by Gasteiger charge is -1.97. The van der Waals surface area contributed by atoms with E-state index in [2.05, 4.69) is 4.98 Å². The van der Waals surface area contributed by atoms with Crippen molar-refractivity contribution in [2.75, 3.05) is 5.73 Å². The highest BCUT2D eigenvalue weighted by atomic mass is 35.5. The van der Waals surface area contributed by atoms with Crippen LogP contribution in [0.1, 0.15) is 0 Å². The minimum atomic E-state index is 0. The van der Waals surface area contributed by atoms with E-state index in [1.54, 1.807) is 11.3 Å². The zero-order valence-electron chi connectivity index (χ0n) is 8.33. The molecule has 0 bridgehead atoms. The molecule has 3 rings (SSSR count). The Kier molecular flexibility index (Phi) is 2.85. The Bertz CT molecular complexity index is 600. The SMILES string of the molecule is Cl.Nc1c(-c2ccccc2)nc2sccn12. The molecule has 3 aromatic rings. The standard InChI is InChI=1S/C11H9N3S.ClH/c12-10-9(8-4-2-1-3-5-8)13-11-14(10)6-7-15-11;/h1-7H,12H2;1H. The molecule has 2 N–H and O–H groups in total. The van der Waals surface area contributed by atoms with Crippen molar-refractivity contribution in [1.29, 1.82) is 0 Å². The van der Waals surface area contributed by atoms with Crippen molar-refractivity contribution in [3.8, 4) is 11.3 Å². The van der Waals surface area contributed by atoms with E-state index < -0.39 is 0 Å². The van der Waals surface area contributed by atoms with Gasteiger partial charge in [0.1, 0.15) is 11.5 Å². The monoisotopic (exact) mass is 251 g/mol. The zero-order valence-corrected chi connectivity index (χ0v) is 9.96. The van der Waals surface area contributed by atoms with Crippen molar-refractivity contribution in [2.45, 2.75) is 0 Å². The Morgan fingerprint density at radius 1 is 1.19 bits per heavy atom. The van der Waals surface area contributed by atoms with Crippen LogP contribution in [0.15, 0.2) is 41.9 Å². The largest absolute Gasteiger partial charge is 0.383 e. The van der Waals surface area contributed by atoms with E-state index in [0.717, 1.165) is 16.2 Å².